The van der Waals surface area contributed by atoms with Crippen LogP contribution >= 0.6 is 46.4 Å². The molecule has 1 aromatic carbocycles. The number of rotatable bonds is 2. The maximum Gasteiger partial charge on any atom is 0.257 e. The standard InChI is InChI=1S/C13H8Cl4N2O/c1-6-5-9(15)18-12(17)11(6)19-13(20)7-3-2-4-8(14)10(7)16/h2-5H,1H3,(H,19,20). The number of halogens is 4. The second-order valence-electron chi connectivity index (χ2n) is 3.98. The van der Waals surface area contributed by atoms with Gasteiger partial charge in [-0.2, -0.15) is 0 Å². The number of nitrogens with one attached hydrogen (secondary N) is 1. The third-order valence-electron chi connectivity index (χ3n) is 2.58. The van der Waals surface area contributed by atoms with Crippen LogP contribution in [0.25, 0.3) is 0 Å². The SMILES string of the molecule is Cc1cc(Cl)nc(Cl)c1NC(=O)c1cccc(Cl)c1Cl. The summed E-state index contributed by atoms with van der Waals surface area (Å²) in [5.74, 6) is -0.424. The number of aryl methyl sites for hydroxylation is 1. The molecule has 0 spiro atoms. The van der Waals surface area contributed by atoms with Crippen LogP contribution in [0.3, 0.4) is 0 Å². The number of carbonyl (C=O) groups is 1. The molecule has 1 N–H and O–H groups in total. The van der Waals surface area contributed by atoms with E-state index >= 15 is 0 Å². The van der Waals surface area contributed by atoms with Gasteiger partial charge >= 0.3 is 0 Å². The number of nitrogens with zero attached hydrogens (tertiary/aromatic N) is 1. The summed E-state index contributed by atoms with van der Waals surface area (Å²) in [5.41, 5.74) is 1.34. The summed E-state index contributed by atoms with van der Waals surface area (Å²) >= 11 is 23.6. The van der Waals surface area contributed by atoms with Gasteiger partial charge in [0.25, 0.3) is 5.91 Å². The fourth-order valence-electron chi connectivity index (χ4n) is 1.61. The molecule has 0 fully saturated rings. The molecule has 104 valence electrons. The summed E-state index contributed by atoms with van der Waals surface area (Å²) in [4.78, 5) is 16.1. The topological polar surface area (TPSA) is 42.0 Å². The Morgan fingerprint density at radius 1 is 1.20 bits per heavy atom. The predicted octanol–water partition coefficient (Wildman–Crippen LogP) is 5.26. The van der Waals surface area contributed by atoms with E-state index in [-0.39, 0.29) is 20.9 Å². The Morgan fingerprint density at radius 3 is 2.55 bits per heavy atom. The highest BCUT2D eigenvalue weighted by Gasteiger charge is 2.16. The largest absolute Gasteiger partial charge is 0.319 e. The van der Waals surface area contributed by atoms with Crippen molar-refractivity contribution in [1.29, 1.82) is 0 Å². The molecule has 1 aromatic heterocycles. The second kappa shape index (κ2) is 6.19. The van der Waals surface area contributed by atoms with E-state index in [1.807, 2.05) is 0 Å². The first-order valence-electron chi connectivity index (χ1n) is 5.48. The molecule has 3 nitrogen and oxygen atoms in total. The number of carbonyl (C=O) groups excluding carboxylic acids is 1. The molecule has 20 heavy (non-hydrogen) atoms. The second-order valence-corrected chi connectivity index (χ2v) is 5.51. The highest BCUT2D eigenvalue weighted by atomic mass is 35.5. The third-order valence-corrected chi connectivity index (χ3v) is 3.86. The van der Waals surface area contributed by atoms with Crippen molar-refractivity contribution >= 4 is 58.0 Å². The maximum atomic E-state index is 12.2. The van der Waals surface area contributed by atoms with Gasteiger partial charge in [0, 0.05) is 0 Å². The van der Waals surface area contributed by atoms with Crippen molar-refractivity contribution in [1.82, 2.24) is 4.98 Å². The smallest absolute Gasteiger partial charge is 0.257 e. The number of aromatic nitrogens is 1. The first kappa shape index (κ1) is 15.4. The molecule has 2 aromatic rings. The maximum absolute atomic E-state index is 12.2. The van der Waals surface area contributed by atoms with Crippen LogP contribution in [0.5, 0.6) is 0 Å². The van der Waals surface area contributed by atoms with E-state index < -0.39 is 5.91 Å². The summed E-state index contributed by atoms with van der Waals surface area (Å²) in [6.07, 6.45) is 0. The summed E-state index contributed by atoms with van der Waals surface area (Å²) in [6.45, 7) is 1.76. The quantitative estimate of drug-likeness (QED) is 0.751. The molecule has 0 aliphatic carbocycles. The third kappa shape index (κ3) is 3.18. The lowest BCUT2D eigenvalue weighted by Gasteiger charge is -2.11. The Bertz CT molecular complexity index is 665. The van der Waals surface area contributed by atoms with Gasteiger partial charge in [-0.1, -0.05) is 52.5 Å². The normalized spacial score (nSPS) is 10.4. The molecule has 0 bridgehead atoms. The minimum absolute atomic E-state index is 0.113. The van der Waals surface area contributed by atoms with Crippen LogP contribution in [0.1, 0.15) is 15.9 Å². The number of benzene rings is 1. The van der Waals surface area contributed by atoms with Gasteiger partial charge in [0.2, 0.25) is 0 Å². The van der Waals surface area contributed by atoms with Gasteiger partial charge in [0.05, 0.1) is 21.3 Å². The van der Waals surface area contributed by atoms with Gasteiger partial charge in [-0.05, 0) is 30.7 Å². The van der Waals surface area contributed by atoms with Crippen molar-refractivity contribution in [2.75, 3.05) is 5.32 Å². The van der Waals surface area contributed by atoms with Gasteiger partial charge in [0.15, 0.2) is 5.15 Å². The van der Waals surface area contributed by atoms with Crippen LogP contribution in [0, 0.1) is 6.92 Å². The Kier molecular flexibility index (Phi) is 4.76. The fourth-order valence-corrected chi connectivity index (χ4v) is 2.57. The molecule has 0 unspecified atom stereocenters. The molecule has 0 atom stereocenters. The Labute approximate surface area is 135 Å². The molecular weight excluding hydrogens is 342 g/mol. The van der Waals surface area contributed by atoms with E-state index in [9.17, 15) is 4.79 Å². The molecule has 0 radical (unpaired) electrons. The van der Waals surface area contributed by atoms with Crippen LogP contribution in [-0.4, -0.2) is 10.9 Å². The van der Waals surface area contributed by atoms with Crippen molar-refractivity contribution in [3.63, 3.8) is 0 Å². The van der Waals surface area contributed by atoms with Crippen LogP contribution in [0.2, 0.25) is 20.4 Å². The molecule has 0 saturated heterocycles. The minimum Gasteiger partial charge on any atom is -0.319 e. The minimum atomic E-state index is -0.424. The monoisotopic (exact) mass is 348 g/mol. The molecule has 1 heterocycles. The first-order valence-corrected chi connectivity index (χ1v) is 6.99. The van der Waals surface area contributed by atoms with Gasteiger partial charge in [-0.3, -0.25) is 4.79 Å². The summed E-state index contributed by atoms with van der Waals surface area (Å²) < 4.78 is 0. The highest BCUT2D eigenvalue weighted by Crippen LogP contribution is 2.29. The summed E-state index contributed by atoms with van der Waals surface area (Å²) in [5, 5.41) is 3.51. The number of hydrogen-bond donors (Lipinski definition) is 1. The van der Waals surface area contributed by atoms with Crippen molar-refractivity contribution in [2.24, 2.45) is 0 Å². The zero-order chi connectivity index (χ0) is 14.9. The molecule has 1 amide bonds. The zero-order valence-corrected chi connectivity index (χ0v) is 13.2. The lowest BCUT2D eigenvalue weighted by atomic mass is 10.2. The summed E-state index contributed by atoms with van der Waals surface area (Å²) in [6, 6.07) is 6.40. The Balaban J connectivity index is 2.36. The van der Waals surface area contributed by atoms with Crippen molar-refractivity contribution in [3.8, 4) is 0 Å². The number of pyridine rings is 1. The van der Waals surface area contributed by atoms with E-state index in [0.29, 0.717) is 16.3 Å². The average Bonchev–Trinajstić information content (AvgIpc) is 2.36. The Hall–Kier alpha value is -1.000. The Morgan fingerprint density at radius 2 is 1.90 bits per heavy atom. The fraction of sp³-hybridized carbons (Fsp3) is 0.0769. The molecule has 2 rings (SSSR count). The van der Waals surface area contributed by atoms with Crippen LogP contribution in [0.4, 0.5) is 5.69 Å². The van der Waals surface area contributed by atoms with Crippen LogP contribution in [0.15, 0.2) is 24.3 Å². The molecule has 7 heteroatoms. The van der Waals surface area contributed by atoms with Gasteiger partial charge in [0.1, 0.15) is 5.15 Å². The van der Waals surface area contributed by atoms with Gasteiger partial charge in [-0.15, -0.1) is 0 Å². The van der Waals surface area contributed by atoms with Crippen molar-refractivity contribution in [3.05, 3.63) is 55.7 Å². The van der Waals surface area contributed by atoms with E-state index in [4.69, 9.17) is 46.4 Å². The number of amides is 1. The molecule has 0 aliphatic rings. The zero-order valence-electron chi connectivity index (χ0n) is 10.2. The van der Waals surface area contributed by atoms with Crippen molar-refractivity contribution < 1.29 is 4.79 Å². The van der Waals surface area contributed by atoms with Gasteiger partial charge < -0.3 is 5.32 Å². The number of hydrogen-bond acceptors (Lipinski definition) is 2. The summed E-state index contributed by atoms with van der Waals surface area (Å²) in [7, 11) is 0. The van der Waals surface area contributed by atoms with Crippen LogP contribution in [-0.2, 0) is 0 Å². The lowest BCUT2D eigenvalue weighted by molar-refractivity contribution is 0.102. The highest BCUT2D eigenvalue weighted by molar-refractivity contribution is 6.44. The predicted molar refractivity (Wildman–Crippen MR) is 83.4 cm³/mol. The van der Waals surface area contributed by atoms with Gasteiger partial charge in [-0.25, -0.2) is 4.98 Å². The van der Waals surface area contributed by atoms with E-state index in [2.05, 4.69) is 10.3 Å². The van der Waals surface area contributed by atoms with E-state index in [0.717, 1.165) is 0 Å². The average molecular weight is 350 g/mol. The molecule has 0 saturated carbocycles. The lowest BCUT2D eigenvalue weighted by Crippen LogP contribution is -2.14. The first-order chi connectivity index (χ1) is 9.40. The molecular formula is C13H8Cl4N2O. The van der Waals surface area contributed by atoms with Crippen LogP contribution < -0.4 is 5.32 Å². The molecule has 0 aliphatic heterocycles. The van der Waals surface area contributed by atoms with Crippen molar-refractivity contribution in [2.45, 2.75) is 6.92 Å². The van der Waals surface area contributed by atoms with E-state index in [1.165, 1.54) is 0 Å². The number of anilines is 1. The van der Waals surface area contributed by atoms with E-state index in [1.54, 1.807) is 31.2 Å².